The standard InChI is InChI=1S/C16H15N3S/c20-16-18-17-15(11-13-7-3-1-4-8-13)19(16)12-14-9-5-2-6-10-14/h1-10H,11-12H2,(H,18,20). The zero-order valence-corrected chi connectivity index (χ0v) is 11.8. The molecule has 0 spiro atoms. The molecule has 3 nitrogen and oxygen atoms in total. The average molecular weight is 281 g/mol. The lowest BCUT2D eigenvalue weighted by atomic mass is 10.1. The largest absolute Gasteiger partial charge is 0.299 e. The number of hydrogen-bond donors (Lipinski definition) is 1. The topological polar surface area (TPSA) is 33.6 Å². The van der Waals surface area contributed by atoms with Crippen molar-refractivity contribution in [1.29, 1.82) is 0 Å². The van der Waals surface area contributed by atoms with E-state index in [-0.39, 0.29) is 0 Å². The number of nitrogens with zero attached hydrogens (tertiary/aromatic N) is 2. The van der Waals surface area contributed by atoms with Crippen LogP contribution >= 0.6 is 12.2 Å². The van der Waals surface area contributed by atoms with E-state index < -0.39 is 0 Å². The third kappa shape index (κ3) is 2.86. The lowest BCUT2D eigenvalue weighted by Gasteiger charge is -2.07. The van der Waals surface area contributed by atoms with Crippen LogP contribution in [0.15, 0.2) is 60.7 Å². The molecule has 0 unspecified atom stereocenters. The van der Waals surface area contributed by atoms with Crippen molar-refractivity contribution in [3.05, 3.63) is 82.4 Å². The maximum absolute atomic E-state index is 5.33. The summed E-state index contributed by atoms with van der Waals surface area (Å²) in [6.07, 6.45) is 0.779. The first kappa shape index (κ1) is 12.8. The molecule has 3 rings (SSSR count). The van der Waals surface area contributed by atoms with Gasteiger partial charge in [-0.25, -0.2) is 0 Å². The summed E-state index contributed by atoms with van der Waals surface area (Å²) < 4.78 is 2.72. The highest BCUT2D eigenvalue weighted by molar-refractivity contribution is 7.71. The Kier molecular flexibility index (Phi) is 3.74. The fourth-order valence-corrected chi connectivity index (χ4v) is 2.41. The molecular weight excluding hydrogens is 266 g/mol. The second kappa shape index (κ2) is 5.84. The van der Waals surface area contributed by atoms with E-state index >= 15 is 0 Å². The predicted octanol–water partition coefficient (Wildman–Crippen LogP) is 3.58. The van der Waals surface area contributed by atoms with Crippen molar-refractivity contribution in [3.63, 3.8) is 0 Å². The average Bonchev–Trinajstić information content (AvgIpc) is 2.83. The van der Waals surface area contributed by atoms with E-state index in [0.717, 1.165) is 18.8 Å². The quantitative estimate of drug-likeness (QED) is 0.742. The van der Waals surface area contributed by atoms with Crippen molar-refractivity contribution in [1.82, 2.24) is 14.8 Å². The highest BCUT2D eigenvalue weighted by Crippen LogP contribution is 2.10. The molecule has 20 heavy (non-hydrogen) atoms. The molecule has 0 saturated carbocycles. The Morgan fingerprint density at radius 3 is 2.15 bits per heavy atom. The second-order valence-electron chi connectivity index (χ2n) is 4.68. The van der Waals surface area contributed by atoms with Crippen molar-refractivity contribution in [2.24, 2.45) is 0 Å². The first-order valence-corrected chi connectivity index (χ1v) is 6.96. The van der Waals surface area contributed by atoms with Crippen LogP contribution in [0.3, 0.4) is 0 Å². The molecular formula is C16H15N3S. The molecule has 100 valence electrons. The number of benzene rings is 2. The number of aromatic amines is 1. The third-order valence-electron chi connectivity index (χ3n) is 3.23. The molecule has 1 aromatic heterocycles. The van der Waals surface area contributed by atoms with Gasteiger partial charge in [0.1, 0.15) is 5.82 Å². The van der Waals surface area contributed by atoms with Gasteiger partial charge in [-0.3, -0.25) is 9.67 Å². The summed E-state index contributed by atoms with van der Waals surface area (Å²) in [5, 5.41) is 7.25. The van der Waals surface area contributed by atoms with Crippen LogP contribution in [-0.2, 0) is 13.0 Å². The van der Waals surface area contributed by atoms with E-state index in [2.05, 4.69) is 39.0 Å². The molecule has 4 heteroatoms. The van der Waals surface area contributed by atoms with Crippen LogP contribution in [0.2, 0.25) is 0 Å². The molecule has 0 saturated heterocycles. The van der Waals surface area contributed by atoms with Crippen molar-refractivity contribution in [2.45, 2.75) is 13.0 Å². The number of hydrogen-bond acceptors (Lipinski definition) is 2. The monoisotopic (exact) mass is 281 g/mol. The lowest BCUT2D eigenvalue weighted by molar-refractivity contribution is 0.732. The van der Waals surface area contributed by atoms with Crippen molar-refractivity contribution >= 4 is 12.2 Å². The van der Waals surface area contributed by atoms with Crippen LogP contribution in [0.4, 0.5) is 0 Å². The second-order valence-corrected chi connectivity index (χ2v) is 5.07. The van der Waals surface area contributed by atoms with Gasteiger partial charge in [0.2, 0.25) is 0 Å². The summed E-state index contributed by atoms with van der Waals surface area (Å²) in [5.74, 6) is 0.963. The maximum atomic E-state index is 5.33. The highest BCUT2D eigenvalue weighted by atomic mass is 32.1. The molecule has 0 bridgehead atoms. The van der Waals surface area contributed by atoms with Gasteiger partial charge in [0.25, 0.3) is 0 Å². The molecule has 2 aromatic carbocycles. The van der Waals surface area contributed by atoms with Crippen molar-refractivity contribution in [3.8, 4) is 0 Å². The lowest BCUT2D eigenvalue weighted by Crippen LogP contribution is -2.06. The van der Waals surface area contributed by atoms with Crippen LogP contribution in [-0.4, -0.2) is 14.8 Å². The zero-order valence-electron chi connectivity index (χ0n) is 11.0. The van der Waals surface area contributed by atoms with E-state index in [1.807, 2.05) is 36.4 Å². The number of H-pyrrole nitrogens is 1. The Morgan fingerprint density at radius 1 is 0.900 bits per heavy atom. The van der Waals surface area contributed by atoms with E-state index in [9.17, 15) is 0 Å². The molecule has 0 atom stereocenters. The fraction of sp³-hybridized carbons (Fsp3) is 0.125. The van der Waals surface area contributed by atoms with Gasteiger partial charge in [0.05, 0.1) is 6.54 Å². The van der Waals surface area contributed by atoms with Crippen molar-refractivity contribution < 1.29 is 0 Å². The van der Waals surface area contributed by atoms with Crippen LogP contribution in [0.1, 0.15) is 17.0 Å². The first-order chi connectivity index (χ1) is 9.83. The van der Waals surface area contributed by atoms with E-state index in [1.54, 1.807) is 0 Å². The zero-order chi connectivity index (χ0) is 13.8. The molecule has 0 fully saturated rings. The fourth-order valence-electron chi connectivity index (χ4n) is 2.19. The molecule has 3 aromatic rings. The van der Waals surface area contributed by atoms with Crippen LogP contribution in [0, 0.1) is 4.77 Å². The molecule has 1 N–H and O–H groups in total. The maximum Gasteiger partial charge on any atom is 0.195 e. The van der Waals surface area contributed by atoms with Crippen molar-refractivity contribution in [2.75, 3.05) is 0 Å². The third-order valence-corrected chi connectivity index (χ3v) is 3.54. The SMILES string of the molecule is S=c1[nH]nc(Cc2ccccc2)n1Cc1ccccc1. The highest BCUT2D eigenvalue weighted by Gasteiger charge is 2.07. The number of aromatic nitrogens is 3. The summed E-state index contributed by atoms with van der Waals surface area (Å²) in [6, 6.07) is 20.6. The minimum absolute atomic E-state index is 0.666. The Hall–Kier alpha value is -2.20. The van der Waals surface area contributed by atoms with Gasteiger partial charge < -0.3 is 0 Å². The molecule has 0 amide bonds. The van der Waals surface area contributed by atoms with E-state index in [4.69, 9.17) is 12.2 Å². The summed E-state index contributed by atoms with van der Waals surface area (Å²) >= 11 is 5.33. The Bertz CT molecular complexity index is 729. The van der Waals surface area contributed by atoms with Crippen LogP contribution in [0.5, 0.6) is 0 Å². The Labute approximate surface area is 122 Å². The first-order valence-electron chi connectivity index (χ1n) is 6.55. The Morgan fingerprint density at radius 2 is 1.50 bits per heavy atom. The van der Waals surface area contributed by atoms with Crippen LogP contribution < -0.4 is 0 Å². The minimum atomic E-state index is 0.666. The van der Waals surface area contributed by atoms with Gasteiger partial charge in [-0.2, -0.15) is 5.10 Å². The summed E-state index contributed by atoms with van der Waals surface area (Å²) in [7, 11) is 0. The molecule has 0 radical (unpaired) electrons. The normalized spacial score (nSPS) is 10.6. The minimum Gasteiger partial charge on any atom is -0.299 e. The van der Waals surface area contributed by atoms with Gasteiger partial charge in [0, 0.05) is 6.42 Å². The van der Waals surface area contributed by atoms with E-state index in [0.29, 0.717) is 4.77 Å². The number of nitrogens with one attached hydrogen (secondary N) is 1. The molecule has 0 aliphatic carbocycles. The molecule has 0 aliphatic heterocycles. The molecule has 0 aliphatic rings. The van der Waals surface area contributed by atoms with Gasteiger partial charge in [-0.05, 0) is 23.3 Å². The van der Waals surface area contributed by atoms with Gasteiger partial charge in [-0.15, -0.1) is 0 Å². The van der Waals surface area contributed by atoms with Gasteiger partial charge in [-0.1, -0.05) is 60.7 Å². The summed E-state index contributed by atoms with van der Waals surface area (Å²) in [6.45, 7) is 0.748. The Balaban J connectivity index is 1.88. The number of rotatable bonds is 4. The summed E-state index contributed by atoms with van der Waals surface area (Å²) in [5.41, 5.74) is 2.45. The smallest absolute Gasteiger partial charge is 0.195 e. The molecule has 1 heterocycles. The van der Waals surface area contributed by atoms with Gasteiger partial charge >= 0.3 is 0 Å². The van der Waals surface area contributed by atoms with Gasteiger partial charge in [0.15, 0.2) is 4.77 Å². The predicted molar refractivity (Wildman–Crippen MR) is 82.2 cm³/mol. The van der Waals surface area contributed by atoms with E-state index in [1.165, 1.54) is 11.1 Å². The summed E-state index contributed by atoms with van der Waals surface area (Å²) in [4.78, 5) is 0. The van der Waals surface area contributed by atoms with Crippen LogP contribution in [0.25, 0.3) is 0 Å².